The summed E-state index contributed by atoms with van der Waals surface area (Å²) >= 11 is 0. The number of carbonyl (C=O) groups is 1. The molecule has 1 rings (SSSR count). The zero-order valence-electron chi connectivity index (χ0n) is 10.9. The molecule has 1 saturated heterocycles. The van der Waals surface area contributed by atoms with Gasteiger partial charge < -0.3 is 24.8 Å². The Morgan fingerprint density at radius 2 is 2.22 bits per heavy atom. The van der Waals surface area contributed by atoms with Crippen molar-refractivity contribution in [3.05, 3.63) is 0 Å². The van der Waals surface area contributed by atoms with Crippen LogP contribution >= 0.6 is 12.4 Å². The van der Waals surface area contributed by atoms with E-state index in [9.17, 15) is 4.79 Å². The Labute approximate surface area is 114 Å². The van der Waals surface area contributed by atoms with E-state index in [-0.39, 0.29) is 30.5 Å². The molecule has 0 bridgehead atoms. The molecule has 2 N–H and O–H groups in total. The number of carbonyl (C=O) groups excluding carboxylic acids is 1. The number of hydrogen-bond acceptors (Lipinski definition) is 5. The number of hydrogen-bond donors (Lipinski definition) is 2. The summed E-state index contributed by atoms with van der Waals surface area (Å²) in [7, 11) is 1.63. The van der Waals surface area contributed by atoms with Crippen LogP contribution in [0.3, 0.4) is 0 Å². The minimum Gasteiger partial charge on any atom is -0.382 e. The summed E-state index contributed by atoms with van der Waals surface area (Å²) in [5.74, 6) is -0.0347. The Hall–Kier alpha value is -0.400. The molecule has 1 heterocycles. The van der Waals surface area contributed by atoms with Gasteiger partial charge in [0, 0.05) is 20.2 Å². The normalized spacial score (nSPS) is 23.2. The molecular weight excluding hydrogens is 260 g/mol. The van der Waals surface area contributed by atoms with Crippen molar-refractivity contribution < 1.29 is 19.0 Å². The average molecular weight is 283 g/mol. The first-order chi connectivity index (χ1) is 8.25. The fourth-order valence-corrected chi connectivity index (χ4v) is 1.63. The number of methoxy groups -OCH3 is 1. The van der Waals surface area contributed by atoms with Crippen LogP contribution in [0.4, 0.5) is 0 Å². The van der Waals surface area contributed by atoms with E-state index in [0.717, 1.165) is 0 Å². The van der Waals surface area contributed by atoms with E-state index in [1.807, 2.05) is 6.92 Å². The van der Waals surface area contributed by atoms with Gasteiger partial charge in [0.15, 0.2) is 0 Å². The molecule has 0 aromatic heterocycles. The molecule has 1 aliphatic heterocycles. The van der Waals surface area contributed by atoms with Crippen LogP contribution in [-0.4, -0.2) is 64.7 Å². The first-order valence-electron chi connectivity index (χ1n) is 5.95. The second kappa shape index (κ2) is 10.5. The van der Waals surface area contributed by atoms with Gasteiger partial charge in [-0.2, -0.15) is 0 Å². The average Bonchev–Trinajstić information content (AvgIpc) is 2.34. The van der Waals surface area contributed by atoms with E-state index in [2.05, 4.69) is 10.6 Å². The molecule has 0 radical (unpaired) electrons. The predicted molar refractivity (Wildman–Crippen MR) is 70.2 cm³/mol. The minimum absolute atomic E-state index is 0. The monoisotopic (exact) mass is 282 g/mol. The minimum atomic E-state index is -0.261. The summed E-state index contributed by atoms with van der Waals surface area (Å²) in [6, 6.07) is -0.261. The fourth-order valence-electron chi connectivity index (χ4n) is 1.63. The second-order valence-corrected chi connectivity index (χ2v) is 3.90. The molecule has 18 heavy (non-hydrogen) atoms. The third kappa shape index (κ3) is 6.51. The van der Waals surface area contributed by atoms with Crippen molar-refractivity contribution in [3.63, 3.8) is 0 Å². The first kappa shape index (κ1) is 17.6. The molecule has 0 unspecified atom stereocenters. The van der Waals surface area contributed by atoms with Crippen LogP contribution in [0.15, 0.2) is 0 Å². The van der Waals surface area contributed by atoms with Gasteiger partial charge in [-0.15, -0.1) is 12.4 Å². The zero-order chi connectivity index (χ0) is 12.5. The van der Waals surface area contributed by atoms with Gasteiger partial charge >= 0.3 is 0 Å². The molecular formula is C11H23ClN2O4. The van der Waals surface area contributed by atoms with Gasteiger partial charge in [0.25, 0.3) is 0 Å². The van der Waals surface area contributed by atoms with Gasteiger partial charge in [-0.25, -0.2) is 0 Å². The van der Waals surface area contributed by atoms with E-state index < -0.39 is 0 Å². The van der Waals surface area contributed by atoms with Gasteiger partial charge in [-0.05, 0) is 6.92 Å². The van der Waals surface area contributed by atoms with Crippen LogP contribution in [-0.2, 0) is 19.0 Å². The summed E-state index contributed by atoms with van der Waals surface area (Å²) < 4.78 is 15.5. The molecule has 0 aromatic rings. The maximum Gasteiger partial charge on any atom is 0.239 e. The molecule has 6 nitrogen and oxygen atoms in total. The van der Waals surface area contributed by atoms with Crippen LogP contribution in [0, 0.1) is 0 Å². The quantitative estimate of drug-likeness (QED) is 0.620. The van der Waals surface area contributed by atoms with Gasteiger partial charge in [-0.1, -0.05) is 0 Å². The number of rotatable bonds is 7. The highest BCUT2D eigenvalue weighted by molar-refractivity contribution is 5.85. The van der Waals surface area contributed by atoms with Crippen molar-refractivity contribution >= 4 is 18.3 Å². The molecule has 0 spiro atoms. The first-order valence-corrected chi connectivity index (χ1v) is 5.95. The summed E-state index contributed by atoms with van der Waals surface area (Å²) in [6.45, 7) is 5.39. The molecule has 0 aliphatic carbocycles. The Balaban J connectivity index is 0.00000289. The highest BCUT2D eigenvalue weighted by atomic mass is 35.5. The standard InChI is InChI=1S/C11H22N2O4.ClH/c1-9-10(12-4-6-17-9)11(14)13-3-5-16-8-7-15-2;/h9-10,12H,3-8H2,1-2H3,(H,13,14);1H/t9-,10+;/m1./s1. The Kier molecular flexibility index (Phi) is 10.3. The summed E-state index contributed by atoms with van der Waals surface area (Å²) in [6.07, 6.45) is -0.0850. The second-order valence-electron chi connectivity index (χ2n) is 3.90. The molecule has 2 atom stereocenters. The smallest absolute Gasteiger partial charge is 0.239 e. The van der Waals surface area contributed by atoms with E-state index in [1.165, 1.54) is 0 Å². The number of ether oxygens (including phenoxy) is 3. The van der Waals surface area contributed by atoms with Crippen LogP contribution < -0.4 is 10.6 Å². The largest absolute Gasteiger partial charge is 0.382 e. The maximum absolute atomic E-state index is 11.8. The topological polar surface area (TPSA) is 68.8 Å². The maximum atomic E-state index is 11.8. The van der Waals surface area contributed by atoms with Gasteiger partial charge in [0.1, 0.15) is 6.04 Å². The third-order valence-electron chi connectivity index (χ3n) is 2.58. The molecule has 1 amide bonds. The molecule has 0 aromatic carbocycles. The third-order valence-corrected chi connectivity index (χ3v) is 2.58. The lowest BCUT2D eigenvalue weighted by Gasteiger charge is -2.29. The summed E-state index contributed by atoms with van der Waals surface area (Å²) in [5, 5.41) is 5.94. The highest BCUT2D eigenvalue weighted by Gasteiger charge is 2.27. The summed E-state index contributed by atoms with van der Waals surface area (Å²) in [5.41, 5.74) is 0. The van der Waals surface area contributed by atoms with Gasteiger partial charge in [-0.3, -0.25) is 4.79 Å². The summed E-state index contributed by atoms with van der Waals surface area (Å²) in [4.78, 5) is 11.8. The predicted octanol–water partition coefficient (Wildman–Crippen LogP) is -0.436. The van der Waals surface area contributed by atoms with Gasteiger partial charge in [0.05, 0.1) is 32.5 Å². The Bertz CT molecular complexity index is 231. The molecule has 1 fully saturated rings. The molecule has 0 saturated carbocycles. The van der Waals surface area contributed by atoms with Crippen molar-refractivity contribution in [1.82, 2.24) is 10.6 Å². The van der Waals surface area contributed by atoms with Gasteiger partial charge in [0.2, 0.25) is 5.91 Å². The van der Waals surface area contributed by atoms with Crippen molar-refractivity contribution in [3.8, 4) is 0 Å². The van der Waals surface area contributed by atoms with Crippen molar-refractivity contribution in [2.45, 2.75) is 19.1 Å². The van der Waals surface area contributed by atoms with Crippen molar-refractivity contribution in [2.75, 3.05) is 46.6 Å². The number of nitrogens with one attached hydrogen (secondary N) is 2. The lowest BCUT2D eigenvalue weighted by Crippen LogP contribution is -2.55. The lowest BCUT2D eigenvalue weighted by atomic mass is 10.1. The van der Waals surface area contributed by atoms with Crippen LogP contribution in [0.25, 0.3) is 0 Å². The lowest BCUT2D eigenvalue weighted by molar-refractivity contribution is -0.129. The van der Waals surface area contributed by atoms with Crippen LogP contribution in [0.5, 0.6) is 0 Å². The molecule has 7 heteroatoms. The van der Waals surface area contributed by atoms with E-state index in [0.29, 0.717) is 39.5 Å². The van der Waals surface area contributed by atoms with Crippen molar-refractivity contribution in [2.24, 2.45) is 0 Å². The number of halogens is 1. The Morgan fingerprint density at radius 1 is 1.44 bits per heavy atom. The van der Waals surface area contributed by atoms with E-state index >= 15 is 0 Å². The molecule has 108 valence electrons. The highest BCUT2D eigenvalue weighted by Crippen LogP contribution is 2.03. The number of amides is 1. The van der Waals surface area contributed by atoms with E-state index in [1.54, 1.807) is 7.11 Å². The SMILES string of the molecule is COCCOCCNC(=O)[C@H]1NCCO[C@@H]1C.Cl. The van der Waals surface area contributed by atoms with E-state index in [4.69, 9.17) is 14.2 Å². The van der Waals surface area contributed by atoms with Crippen LogP contribution in [0.1, 0.15) is 6.92 Å². The fraction of sp³-hybridized carbons (Fsp3) is 0.909. The number of morpholine rings is 1. The van der Waals surface area contributed by atoms with Crippen molar-refractivity contribution in [1.29, 1.82) is 0 Å². The Morgan fingerprint density at radius 3 is 2.89 bits per heavy atom. The zero-order valence-corrected chi connectivity index (χ0v) is 11.8. The van der Waals surface area contributed by atoms with Crippen LogP contribution in [0.2, 0.25) is 0 Å². The molecule has 1 aliphatic rings.